The molecule has 0 amide bonds. The zero-order valence-corrected chi connectivity index (χ0v) is 11.8. The Morgan fingerprint density at radius 3 is 2.62 bits per heavy atom. The fourth-order valence-electron chi connectivity index (χ4n) is 1.23. The zero-order valence-electron chi connectivity index (χ0n) is 11.0. The van der Waals surface area contributed by atoms with Crippen molar-refractivity contribution in [2.45, 2.75) is 25.8 Å². The average molecular weight is 326 g/mol. The zero-order chi connectivity index (χ0) is 15.9. The van der Waals surface area contributed by atoms with Gasteiger partial charge in [-0.3, -0.25) is 4.79 Å². The summed E-state index contributed by atoms with van der Waals surface area (Å²) in [6.45, 7) is 0.815. The number of halogens is 3. The monoisotopic (exact) mass is 326 g/mol. The van der Waals surface area contributed by atoms with Crippen LogP contribution < -0.4 is 0 Å². The minimum atomic E-state index is -5.06. The second kappa shape index (κ2) is 7.99. The molecule has 21 heavy (non-hydrogen) atoms. The van der Waals surface area contributed by atoms with Gasteiger partial charge in [-0.25, -0.2) is 4.79 Å². The first-order chi connectivity index (χ1) is 9.79. The maximum atomic E-state index is 11.9. The largest absolute Gasteiger partial charge is 0.491 e. The van der Waals surface area contributed by atoms with Crippen molar-refractivity contribution in [3.8, 4) is 0 Å². The first-order valence-electron chi connectivity index (χ1n) is 5.85. The van der Waals surface area contributed by atoms with Crippen molar-refractivity contribution < 1.29 is 37.0 Å². The molecular weight excluding hydrogens is 313 g/mol. The smallest absolute Gasteiger partial charge is 0.463 e. The number of ether oxygens (including phenoxy) is 3. The van der Waals surface area contributed by atoms with Crippen molar-refractivity contribution in [3.05, 3.63) is 22.4 Å². The van der Waals surface area contributed by atoms with E-state index in [2.05, 4.69) is 4.74 Å². The van der Waals surface area contributed by atoms with Crippen molar-refractivity contribution in [1.82, 2.24) is 0 Å². The van der Waals surface area contributed by atoms with Crippen LogP contribution in [0.15, 0.2) is 16.8 Å². The summed E-state index contributed by atoms with van der Waals surface area (Å²) < 4.78 is 49.2. The Kier molecular flexibility index (Phi) is 6.63. The average Bonchev–Trinajstić information content (AvgIpc) is 2.86. The predicted octanol–water partition coefficient (Wildman–Crippen LogP) is 2.30. The van der Waals surface area contributed by atoms with Gasteiger partial charge in [-0.1, -0.05) is 0 Å². The molecule has 0 aliphatic heterocycles. The van der Waals surface area contributed by atoms with E-state index in [9.17, 15) is 22.8 Å². The van der Waals surface area contributed by atoms with Crippen molar-refractivity contribution in [1.29, 1.82) is 0 Å². The Labute approximate surface area is 122 Å². The highest BCUT2D eigenvalue weighted by Gasteiger charge is 2.41. The summed E-state index contributed by atoms with van der Waals surface area (Å²) >= 11 is 1.45. The van der Waals surface area contributed by atoms with Crippen LogP contribution in [-0.2, 0) is 30.2 Å². The lowest BCUT2D eigenvalue weighted by atomic mass is 10.2. The number of esters is 2. The lowest BCUT2D eigenvalue weighted by molar-refractivity contribution is -0.224. The van der Waals surface area contributed by atoms with E-state index in [0.717, 1.165) is 12.5 Å². The third-order valence-corrected chi connectivity index (χ3v) is 2.86. The van der Waals surface area contributed by atoms with Crippen LogP contribution in [0.1, 0.15) is 12.5 Å². The topological polar surface area (TPSA) is 61.8 Å². The molecule has 0 bridgehead atoms. The molecule has 0 saturated heterocycles. The molecule has 0 N–H and O–H groups in total. The molecule has 1 aromatic rings. The van der Waals surface area contributed by atoms with Crippen molar-refractivity contribution >= 4 is 23.3 Å². The van der Waals surface area contributed by atoms with Gasteiger partial charge >= 0.3 is 18.1 Å². The molecule has 0 aliphatic carbocycles. The summed E-state index contributed by atoms with van der Waals surface area (Å²) in [7, 11) is 0. The molecule has 1 heterocycles. The molecule has 1 rings (SSSR count). The van der Waals surface area contributed by atoms with Gasteiger partial charge < -0.3 is 14.2 Å². The fraction of sp³-hybridized carbons (Fsp3) is 0.500. The van der Waals surface area contributed by atoms with Crippen molar-refractivity contribution in [3.63, 3.8) is 0 Å². The third-order valence-electron chi connectivity index (χ3n) is 2.13. The second-order valence-corrected chi connectivity index (χ2v) is 4.65. The van der Waals surface area contributed by atoms with Gasteiger partial charge in [-0.15, -0.1) is 0 Å². The highest BCUT2D eigenvalue weighted by molar-refractivity contribution is 7.07. The Morgan fingerprint density at radius 1 is 1.33 bits per heavy atom. The molecular formula is C12H13F3O5S. The Hall–Kier alpha value is -1.61. The van der Waals surface area contributed by atoms with E-state index in [-0.39, 0.29) is 19.6 Å². The van der Waals surface area contributed by atoms with Crippen LogP contribution in [0.2, 0.25) is 0 Å². The maximum absolute atomic E-state index is 11.9. The minimum absolute atomic E-state index is 0.113. The molecule has 0 aliphatic rings. The first kappa shape index (κ1) is 17.4. The summed E-state index contributed by atoms with van der Waals surface area (Å²) in [5.41, 5.74) is 0.818. The number of carbonyl (C=O) groups is 2. The van der Waals surface area contributed by atoms with E-state index in [0.29, 0.717) is 0 Å². The summed E-state index contributed by atoms with van der Waals surface area (Å²) in [6.07, 6.45) is -6.33. The minimum Gasteiger partial charge on any atom is -0.463 e. The van der Waals surface area contributed by atoms with E-state index in [1.807, 2.05) is 5.38 Å². The summed E-state index contributed by atoms with van der Waals surface area (Å²) in [5.74, 6) is -2.80. The molecule has 0 aromatic carbocycles. The van der Waals surface area contributed by atoms with Gasteiger partial charge in [-0.05, 0) is 29.3 Å². The van der Waals surface area contributed by atoms with E-state index < -0.39 is 24.4 Å². The Bertz CT molecular complexity index is 458. The number of hydrogen-bond acceptors (Lipinski definition) is 6. The molecule has 0 saturated carbocycles. The fourth-order valence-corrected chi connectivity index (χ4v) is 1.90. The molecule has 9 heteroatoms. The van der Waals surface area contributed by atoms with Crippen LogP contribution in [0.5, 0.6) is 0 Å². The molecule has 1 unspecified atom stereocenters. The quantitative estimate of drug-likeness (QED) is 0.437. The molecule has 1 atom stereocenters. The number of hydrogen-bond donors (Lipinski definition) is 0. The van der Waals surface area contributed by atoms with Gasteiger partial charge in [0, 0.05) is 0 Å². The summed E-state index contributed by atoms with van der Waals surface area (Å²) in [4.78, 5) is 21.8. The number of thiophene rings is 1. The van der Waals surface area contributed by atoms with Gasteiger partial charge in [0.15, 0.2) is 0 Å². The normalized spacial score (nSPS) is 12.8. The predicted molar refractivity (Wildman–Crippen MR) is 66.5 cm³/mol. The molecule has 118 valence electrons. The molecule has 5 nitrogen and oxygen atoms in total. The molecule has 0 radical (unpaired) electrons. The number of rotatable bonds is 7. The molecule has 0 fully saturated rings. The second-order valence-electron chi connectivity index (χ2n) is 3.87. The van der Waals surface area contributed by atoms with Crippen LogP contribution in [0.3, 0.4) is 0 Å². The van der Waals surface area contributed by atoms with Crippen molar-refractivity contribution in [2.75, 3.05) is 13.2 Å². The third kappa shape index (κ3) is 7.09. The Morgan fingerprint density at radius 2 is 2.05 bits per heavy atom. The van der Waals surface area contributed by atoms with E-state index in [4.69, 9.17) is 9.47 Å². The van der Waals surface area contributed by atoms with Crippen LogP contribution >= 0.6 is 11.3 Å². The van der Waals surface area contributed by atoms with Crippen molar-refractivity contribution in [2.24, 2.45) is 0 Å². The van der Waals surface area contributed by atoms with Crippen LogP contribution in [0, 0.1) is 0 Å². The standard InChI is InChI=1S/C12H13F3O5S/c1-8(20-11(17)12(13,14)15)18-3-4-19-10(16)6-9-2-5-21-7-9/h2,5,7-8H,3-4,6H2,1H3. The van der Waals surface area contributed by atoms with Crippen LogP contribution in [0.4, 0.5) is 13.2 Å². The van der Waals surface area contributed by atoms with E-state index in [1.54, 1.807) is 11.4 Å². The van der Waals surface area contributed by atoms with Gasteiger partial charge in [0.05, 0.1) is 13.0 Å². The maximum Gasteiger partial charge on any atom is 0.491 e. The number of carbonyl (C=O) groups excluding carboxylic acids is 2. The van der Waals surface area contributed by atoms with E-state index >= 15 is 0 Å². The van der Waals surface area contributed by atoms with Gasteiger partial charge in [-0.2, -0.15) is 24.5 Å². The SMILES string of the molecule is CC(OCCOC(=O)Cc1ccsc1)OC(=O)C(F)(F)F. The number of alkyl halides is 3. The lowest BCUT2D eigenvalue weighted by Crippen LogP contribution is -2.30. The van der Waals surface area contributed by atoms with Crippen LogP contribution in [-0.4, -0.2) is 37.6 Å². The van der Waals surface area contributed by atoms with Gasteiger partial charge in [0.1, 0.15) is 6.61 Å². The van der Waals surface area contributed by atoms with Gasteiger partial charge in [0.25, 0.3) is 0 Å². The summed E-state index contributed by atoms with van der Waals surface area (Å²) in [6, 6.07) is 1.78. The van der Waals surface area contributed by atoms with Gasteiger partial charge in [0.2, 0.25) is 6.29 Å². The first-order valence-corrected chi connectivity index (χ1v) is 6.79. The Balaban J connectivity index is 2.13. The molecule has 0 spiro atoms. The highest BCUT2D eigenvalue weighted by atomic mass is 32.1. The highest BCUT2D eigenvalue weighted by Crippen LogP contribution is 2.17. The summed E-state index contributed by atoms with van der Waals surface area (Å²) in [5, 5.41) is 3.62. The van der Waals surface area contributed by atoms with Crippen LogP contribution in [0.25, 0.3) is 0 Å². The lowest BCUT2D eigenvalue weighted by Gasteiger charge is -2.15. The van der Waals surface area contributed by atoms with E-state index in [1.165, 1.54) is 11.3 Å². The molecule has 1 aromatic heterocycles.